The van der Waals surface area contributed by atoms with E-state index in [-0.39, 0.29) is 0 Å². The molecule has 1 amide bonds. The third-order valence-electron chi connectivity index (χ3n) is 5.00. The fraction of sp³-hybridized carbons (Fsp3) is 0.875. The largest absolute Gasteiger partial charge is 0.477 e. The summed E-state index contributed by atoms with van der Waals surface area (Å²) in [4.78, 5) is 23.0. The van der Waals surface area contributed by atoms with Gasteiger partial charge in [-0.25, -0.2) is 4.79 Å². The monoisotopic (exact) mass is 441 g/mol. The minimum Gasteiger partial charge on any atom is -0.477 e. The lowest BCUT2D eigenvalue weighted by atomic mass is 9.92. The molecule has 0 aromatic rings. The number of carboxylic acid groups (broad SMARTS) is 1. The van der Waals surface area contributed by atoms with Gasteiger partial charge in [-0.1, -0.05) is 0 Å². The van der Waals surface area contributed by atoms with Crippen LogP contribution in [0.5, 0.6) is 0 Å². The van der Waals surface area contributed by atoms with E-state index in [1.807, 2.05) is 0 Å². The molecule has 0 spiro atoms. The van der Waals surface area contributed by atoms with Crippen molar-refractivity contribution < 1.29 is 64.7 Å². The van der Waals surface area contributed by atoms with Crippen LogP contribution in [0.4, 0.5) is 0 Å². The molecule has 2 heterocycles. The van der Waals surface area contributed by atoms with Gasteiger partial charge in [0.05, 0.1) is 19.3 Å². The standard InChI is InChI=1S/C16H27NO13/c1-5(19)17-9-12(24)11(23)8(29-14(9)25)4-28-16(15(26)27)2-6(20)10(22)13(30-16)7(21)3-18/h6-14,18,20-25H,2-4H2,1H3,(H,17,19)(H,26,27)/t6-,7-,8-,9-,10-,11-,12-,13-,14?,16-/m1/s1. The summed E-state index contributed by atoms with van der Waals surface area (Å²) in [6.07, 6.45) is -14.3. The Bertz CT molecular complexity index is 620. The molecule has 0 bridgehead atoms. The number of nitrogens with one attached hydrogen (secondary N) is 1. The van der Waals surface area contributed by atoms with Gasteiger partial charge in [-0.15, -0.1) is 0 Å². The summed E-state index contributed by atoms with van der Waals surface area (Å²) in [5, 5.41) is 80.8. The normalized spacial score (nSPS) is 43.1. The van der Waals surface area contributed by atoms with Crippen LogP contribution in [-0.2, 0) is 23.8 Å². The summed E-state index contributed by atoms with van der Waals surface area (Å²) in [5.41, 5.74) is 0. The molecular weight excluding hydrogens is 414 g/mol. The van der Waals surface area contributed by atoms with E-state index >= 15 is 0 Å². The van der Waals surface area contributed by atoms with Crippen molar-refractivity contribution in [3.8, 4) is 0 Å². The molecule has 0 saturated carbocycles. The lowest BCUT2D eigenvalue weighted by Gasteiger charge is -2.45. The highest BCUT2D eigenvalue weighted by molar-refractivity contribution is 5.76. The fourth-order valence-electron chi connectivity index (χ4n) is 3.35. The number of aliphatic hydroxyl groups is 7. The molecule has 0 aromatic carbocycles. The molecule has 0 aromatic heterocycles. The molecule has 0 radical (unpaired) electrons. The maximum absolute atomic E-state index is 11.8. The van der Waals surface area contributed by atoms with Crippen LogP contribution in [0.25, 0.3) is 0 Å². The van der Waals surface area contributed by atoms with Gasteiger partial charge >= 0.3 is 5.97 Å². The summed E-state index contributed by atoms with van der Waals surface area (Å²) < 4.78 is 15.5. The number of hydrogen-bond acceptors (Lipinski definition) is 12. The van der Waals surface area contributed by atoms with E-state index in [9.17, 15) is 45.3 Å². The summed E-state index contributed by atoms with van der Waals surface area (Å²) in [5.74, 6) is -4.96. The molecule has 1 unspecified atom stereocenters. The average molecular weight is 441 g/mol. The number of amides is 1. The Hall–Kier alpha value is -1.46. The van der Waals surface area contributed by atoms with E-state index in [0.29, 0.717) is 0 Å². The molecule has 2 aliphatic rings. The van der Waals surface area contributed by atoms with Crippen molar-refractivity contribution in [1.82, 2.24) is 5.32 Å². The zero-order valence-corrected chi connectivity index (χ0v) is 15.9. The van der Waals surface area contributed by atoms with E-state index < -0.39 is 92.4 Å². The van der Waals surface area contributed by atoms with E-state index in [1.54, 1.807) is 0 Å². The second-order valence-electron chi connectivity index (χ2n) is 7.24. The third-order valence-corrected chi connectivity index (χ3v) is 5.00. The van der Waals surface area contributed by atoms with Crippen molar-refractivity contribution in [2.24, 2.45) is 0 Å². The maximum Gasteiger partial charge on any atom is 0.364 e. The average Bonchev–Trinajstić information content (AvgIpc) is 2.68. The molecular formula is C16H27NO13. The molecule has 10 atom stereocenters. The van der Waals surface area contributed by atoms with Gasteiger partial charge in [0.15, 0.2) is 6.29 Å². The second-order valence-corrected chi connectivity index (χ2v) is 7.24. The number of ether oxygens (including phenoxy) is 3. The highest BCUT2D eigenvalue weighted by Crippen LogP contribution is 2.33. The zero-order chi connectivity index (χ0) is 22.8. The van der Waals surface area contributed by atoms with Gasteiger partial charge in [0.2, 0.25) is 5.91 Å². The number of rotatable bonds is 7. The van der Waals surface area contributed by atoms with Crippen molar-refractivity contribution in [1.29, 1.82) is 0 Å². The molecule has 2 saturated heterocycles. The lowest BCUT2D eigenvalue weighted by Crippen LogP contribution is -2.66. The minimum absolute atomic E-state index is 0.606. The van der Waals surface area contributed by atoms with Gasteiger partial charge in [-0.2, -0.15) is 0 Å². The van der Waals surface area contributed by atoms with Crippen LogP contribution in [0.1, 0.15) is 13.3 Å². The van der Waals surface area contributed by atoms with Gasteiger partial charge in [0, 0.05) is 13.3 Å². The van der Waals surface area contributed by atoms with Crippen molar-refractivity contribution in [2.45, 2.75) is 74.2 Å². The maximum atomic E-state index is 11.8. The number of carbonyl (C=O) groups is 2. The Balaban J connectivity index is 2.14. The smallest absolute Gasteiger partial charge is 0.364 e. The Morgan fingerprint density at radius 2 is 1.80 bits per heavy atom. The summed E-state index contributed by atoms with van der Waals surface area (Å²) >= 11 is 0. The van der Waals surface area contributed by atoms with E-state index in [4.69, 9.17) is 19.3 Å². The summed E-state index contributed by atoms with van der Waals surface area (Å²) in [6, 6.07) is -1.35. The number of carboxylic acids is 1. The van der Waals surface area contributed by atoms with Gasteiger partial charge in [0.1, 0.15) is 42.7 Å². The zero-order valence-electron chi connectivity index (χ0n) is 15.9. The first-order valence-corrected chi connectivity index (χ1v) is 9.10. The van der Waals surface area contributed by atoms with Crippen LogP contribution in [0.3, 0.4) is 0 Å². The predicted octanol–water partition coefficient (Wildman–Crippen LogP) is -5.41. The van der Waals surface area contributed by atoms with Crippen molar-refractivity contribution in [3.05, 3.63) is 0 Å². The molecule has 14 nitrogen and oxygen atoms in total. The first-order valence-electron chi connectivity index (χ1n) is 9.10. The van der Waals surface area contributed by atoms with Gasteiger partial charge in [0.25, 0.3) is 5.79 Å². The topological polar surface area (TPSA) is 236 Å². The highest BCUT2D eigenvalue weighted by atomic mass is 16.7. The third kappa shape index (κ3) is 5.05. The summed E-state index contributed by atoms with van der Waals surface area (Å²) in [6.45, 7) is -0.550. The molecule has 2 rings (SSSR count). The number of aliphatic carboxylic acids is 1. The Kier molecular flexibility index (Phi) is 8.09. The van der Waals surface area contributed by atoms with Crippen LogP contribution in [0.2, 0.25) is 0 Å². The van der Waals surface area contributed by atoms with E-state index in [2.05, 4.69) is 5.32 Å². The number of aliphatic hydroxyl groups excluding tert-OH is 7. The van der Waals surface area contributed by atoms with Gasteiger partial charge in [-0.3, -0.25) is 4.79 Å². The molecule has 2 aliphatic heterocycles. The first-order chi connectivity index (χ1) is 13.9. The lowest BCUT2D eigenvalue weighted by molar-refractivity contribution is -0.337. The minimum atomic E-state index is -2.60. The van der Waals surface area contributed by atoms with Crippen LogP contribution in [0, 0.1) is 0 Å². The molecule has 30 heavy (non-hydrogen) atoms. The van der Waals surface area contributed by atoms with E-state index in [0.717, 1.165) is 6.92 Å². The van der Waals surface area contributed by atoms with Crippen molar-refractivity contribution in [2.75, 3.05) is 13.2 Å². The Morgan fingerprint density at radius 1 is 1.17 bits per heavy atom. The second kappa shape index (κ2) is 9.78. The van der Waals surface area contributed by atoms with Crippen molar-refractivity contribution >= 4 is 11.9 Å². The number of hydrogen-bond donors (Lipinski definition) is 9. The SMILES string of the molecule is CC(=O)N[C@H]1C(O)O[C@H](CO[C@]2(C(=O)O)C[C@@H](O)[C@@H](O)[C@@H]([C@H](O)CO)O2)[C@@H](O)[C@@H]1O. The van der Waals surface area contributed by atoms with Gasteiger partial charge < -0.3 is 60.4 Å². The Labute approximate surface area is 170 Å². The Morgan fingerprint density at radius 3 is 2.33 bits per heavy atom. The predicted molar refractivity (Wildman–Crippen MR) is 91.4 cm³/mol. The highest BCUT2D eigenvalue weighted by Gasteiger charge is 2.55. The first kappa shape index (κ1) is 24.8. The van der Waals surface area contributed by atoms with Crippen LogP contribution >= 0.6 is 0 Å². The fourth-order valence-corrected chi connectivity index (χ4v) is 3.35. The van der Waals surface area contributed by atoms with Crippen molar-refractivity contribution in [3.63, 3.8) is 0 Å². The summed E-state index contributed by atoms with van der Waals surface area (Å²) in [7, 11) is 0. The molecule has 14 heteroatoms. The van der Waals surface area contributed by atoms with E-state index in [1.165, 1.54) is 0 Å². The molecule has 9 N–H and O–H groups in total. The van der Waals surface area contributed by atoms with Crippen LogP contribution in [-0.4, -0.2) is 127 Å². The van der Waals surface area contributed by atoms with Crippen LogP contribution < -0.4 is 5.32 Å². The quantitative estimate of drug-likeness (QED) is 0.180. The molecule has 174 valence electrons. The molecule has 0 aliphatic carbocycles. The molecule has 2 fully saturated rings. The van der Waals surface area contributed by atoms with Crippen LogP contribution in [0.15, 0.2) is 0 Å². The van der Waals surface area contributed by atoms with Gasteiger partial charge in [-0.05, 0) is 0 Å². The number of carbonyl (C=O) groups excluding carboxylic acids is 1.